The third kappa shape index (κ3) is 4.84. The van der Waals surface area contributed by atoms with Crippen molar-refractivity contribution in [2.24, 2.45) is 0 Å². The van der Waals surface area contributed by atoms with Crippen LogP contribution in [0.1, 0.15) is 43.6 Å². The smallest absolute Gasteiger partial charge is 0.239 e. The summed E-state index contributed by atoms with van der Waals surface area (Å²) < 4.78 is 23.4. The normalized spacial score (nSPS) is 21.3. The van der Waals surface area contributed by atoms with Crippen molar-refractivity contribution in [3.05, 3.63) is 42.1 Å². The first-order valence-electron chi connectivity index (χ1n) is 10.3. The summed E-state index contributed by atoms with van der Waals surface area (Å²) in [7, 11) is -1.25. The molecule has 0 spiro atoms. The zero-order valence-electron chi connectivity index (χ0n) is 17.3. The molecule has 3 heterocycles. The molecular weight excluding hydrogens is 402 g/mol. The van der Waals surface area contributed by atoms with E-state index >= 15 is 0 Å². The molecule has 1 aliphatic heterocycles. The van der Waals surface area contributed by atoms with Crippen LogP contribution in [0, 0.1) is 0 Å². The SMILES string of the molecule is C[C@@H](N[C@H]1CCS(=O)(=O)C1)C(=O)N(C)Cc1nc(C2CC2)ncc1-c1ccccn1. The van der Waals surface area contributed by atoms with Crippen LogP contribution in [-0.4, -0.2) is 64.8 Å². The molecule has 160 valence electrons. The quantitative estimate of drug-likeness (QED) is 0.712. The van der Waals surface area contributed by atoms with Gasteiger partial charge in [0, 0.05) is 37.0 Å². The number of nitrogens with zero attached hydrogens (tertiary/aromatic N) is 4. The Balaban J connectivity index is 1.49. The van der Waals surface area contributed by atoms with E-state index < -0.39 is 15.9 Å². The van der Waals surface area contributed by atoms with Crippen molar-refractivity contribution in [2.45, 2.75) is 50.7 Å². The molecule has 1 saturated carbocycles. The topological polar surface area (TPSA) is 105 Å². The number of hydrogen-bond acceptors (Lipinski definition) is 7. The maximum atomic E-state index is 12.9. The summed E-state index contributed by atoms with van der Waals surface area (Å²) in [5.41, 5.74) is 2.37. The molecule has 8 nitrogen and oxygen atoms in total. The van der Waals surface area contributed by atoms with Crippen LogP contribution < -0.4 is 5.32 Å². The Morgan fingerprint density at radius 3 is 2.70 bits per heavy atom. The van der Waals surface area contributed by atoms with E-state index in [0.717, 1.165) is 35.6 Å². The van der Waals surface area contributed by atoms with Crippen LogP contribution in [0.4, 0.5) is 0 Å². The number of carbonyl (C=O) groups is 1. The molecule has 0 aromatic carbocycles. The molecule has 2 aromatic heterocycles. The maximum Gasteiger partial charge on any atom is 0.239 e. The van der Waals surface area contributed by atoms with Crippen LogP contribution in [0.25, 0.3) is 11.3 Å². The van der Waals surface area contributed by atoms with E-state index in [1.807, 2.05) is 24.4 Å². The van der Waals surface area contributed by atoms with E-state index in [4.69, 9.17) is 4.98 Å². The van der Waals surface area contributed by atoms with Crippen LogP contribution >= 0.6 is 0 Å². The largest absolute Gasteiger partial charge is 0.338 e. The number of sulfone groups is 1. The van der Waals surface area contributed by atoms with Gasteiger partial charge in [-0.2, -0.15) is 0 Å². The molecule has 0 unspecified atom stereocenters. The van der Waals surface area contributed by atoms with Crippen molar-refractivity contribution >= 4 is 15.7 Å². The third-order valence-electron chi connectivity index (χ3n) is 5.62. The van der Waals surface area contributed by atoms with Gasteiger partial charge in [-0.15, -0.1) is 0 Å². The molecule has 1 saturated heterocycles. The number of rotatable bonds is 7. The van der Waals surface area contributed by atoms with E-state index in [-0.39, 0.29) is 23.5 Å². The lowest BCUT2D eigenvalue weighted by molar-refractivity contribution is -0.132. The van der Waals surface area contributed by atoms with E-state index in [9.17, 15) is 13.2 Å². The molecule has 9 heteroatoms. The summed E-state index contributed by atoms with van der Waals surface area (Å²) in [4.78, 5) is 28.3. The zero-order chi connectivity index (χ0) is 21.3. The van der Waals surface area contributed by atoms with Gasteiger partial charge in [-0.25, -0.2) is 18.4 Å². The summed E-state index contributed by atoms with van der Waals surface area (Å²) in [6.07, 6.45) is 6.28. The number of hydrogen-bond donors (Lipinski definition) is 1. The molecule has 2 fully saturated rings. The number of carbonyl (C=O) groups excluding carboxylic acids is 1. The average Bonchev–Trinajstić information content (AvgIpc) is 3.52. The van der Waals surface area contributed by atoms with Crippen LogP contribution in [0.15, 0.2) is 30.6 Å². The number of aromatic nitrogens is 3. The third-order valence-corrected chi connectivity index (χ3v) is 7.39. The van der Waals surface area contributed by atoms with Crippen molar-refractivity contribution in [1.82, 2.24) is 25.2 Å². The van der Waals surface area contributed by atoms with E-state index in [2.05, 4.69) is 15.3 Å². The monoisotopic (exact) mass is 429 g/mol. The Kier molecular flexibility index (Phi) is 5.84. The lowest BCUT2D eigenvalue weighted by atomic mass is 10.1. The lowest BCUT2D eigenvalue weighted by Crippen LogP contribution is -2.47. The molecule has 1 amide bonds. The first-order valence-corrected chi connectivity index (χ1v) is 12.1. The highest BCUT2D eigenvalue weighted by Gasteiger charge is 2.31. The van der Waals surface area contributed by atoms with Gasteiger partial charge >= 0.3 is 0 Å². The van der Waals surface area contributed by atoms with E-state index in [1.165, 1.54) is 0 Å². The van der Waals surface area contributed by atoms with Crippen molar-refractivity contribution in [3.63, 3.8) is 0 Å². The van der Waals surface area contributed by atoms with E-state index in [1.54, 1.807) is 25.1 Å². The summed E-state index contributed by atoms with van der Waals surface area (Å²) in [5, 5.41) is 3.17. The Bertz CT molecular complexity index is 1020. The lowest BCUT2D eigenvalue weighted by Gasteiger charge is -2.24. The zero-order valence-corrected chi connectivity index (χ0v) is 18.1. The minimum atomic E-state index is -2.99. The van der Waals surface area contributed by atoms with Gasteiger partial charge in [0.25, 0.3) is 0 Å². The van der Waals surface area contributed by atoms with Gasteiger partial charge in [0.05, 0.1) is 35.5 Å². The number of pyridine rings is 1. The summed E-state index contributed by atoms with van der Waals surface area (Å²) in [6.45, 7) is 2.11. The van der Waals surface area contributed by atoms with Gasteiger partial charge in [0.15, 0.2) is 9.84 Å². The average molecular weight is 430 g/mol. The van der Waals surface area contributed by atoms with Gasteiger partial charge in [-0.1, -0.05) is 6.07 Å². The van der Waals surface area contributed by atoms with Crippen LogP contribution in [0.3, 0.4) is 0 Å². The van der Waals surface area contributed by atoms with Crippen LogP contribution in [0.2, 0.25) is 0 Å². The fourth-order valence-electron chi connectivity index (χ4n) is 3.81. The second-order valence-corrected chi connectivity index (χ2v) is 10.5. The molecule has 30 heavy (non-hydrogen) atoms. The van der Waals surface area contributed by atoms with Crippen molar-refractivity contribution in [1.29, 1.82) is 0 Å². The molecule has 1 N–H and O–H groups in total. The Morgan fingerprint density at radius 1 is 1.27 bits per heavy atom. The molecule has 2 aliphatic rings. The van der Waals surface area contributed by atoms with Crippen molar-refractivity contribution in [3.8, 4) is 11.3 Å². The highest BCUT2D eigenvalue weighted by Crippen LogP contribution is 2.38. The predicted molar refractivity (Wildman–Crippen MR) is 113 cm³/mol. The highest BCUT2D eigenvalue weighted by molar-refractivity contribution is 7.91. The minimum Gasteiger partial charge on any atom is -0.338 e. The van der Waals surface area contributed by atoms with Crippen molar-refractivity contribution < 1.29 is 13.2 Å². The number of nitrogens with one attached hydrogen (secondary N) is 1. The summed E-state index contributed by atoms with van der Waals surface area (Å²) >= 11 is 0. The second kappa shape index (κ2) is 8.39. The molecule has 2 aromatic rings. The Morgan fingerprint density at radius 2 is 2.07 bits per heavy atom. The summed E-state index contributed by atoms with van der Waals surface area (Å²) in [5.74, 6) is 1.41. The second-order valence-electron chi connectivity index (χ2n) is 8.26. The maximum absolute atomic E-state index is 12.9. The van der Waals surface area contributed by atoms with Gasteiger partial charge in [0.2, 0.25) is 5.91 Å². The Labute approximate surface area is 177 Å². The predicted octanol–water partition coefficient (Wildman–Crippen LogP) is 1.54. The van der Waals surface area contributed by atoms with Gasteiger partial charge in [0.1, 0.15) is 5.82 Å². The first-order chi connectivity index (χ1) is 14.3. The van der Waals surface area contributed by atoms with Gasteiger partial charge < -0.3 is 10.2 Å². The number of amides is 1. The first kappa shape index (κ1) is 20.9. The Hall–Kier alpha value is -2.39. The molecular formula is C21H27N5O3S. The number of likely N-dealkylation sites (N-methyl/N-ethyl adjacent to an activating group) is 1. The fraction of sp³-hybridized carbons (Fsp3) is 0.524. The van der Waals surface area contributed by atoms with E-state index in [0.29, 0.717) is 18.9 Å². The molecule has 0 bridgehead atoms. The standard InChI is InChI=1S/C21H27N5O3S/c1-14(24-16-8-10-30(28,29)13-16)21(27)26(2)12-19-17(18-5-3-4-9-22-18)11-23-20(25-19)15-6-7-15/h3-5,9,11,14-16,24H,6-8,10,12-13H2,1-2H3/t14-,16+/m1/s1. The summed E-state index contributed by atoms with van der Waals surface area (Å²) in [6, 6.07) is 5.03. The van der Waals surface area contributed by atoms with Crippen LogP contribution in [-0.2, 0) is 21.2 Å². The minimum absolute atomic E-state index is 0.0921. The van der Waals surface area contributed by atoms with Crippen LogP contribution in [0.5, 0.6) is 0 Å². The molecule has 4 rings (SSSR count). The van der Waals surface area contributed by atoms with Gasteiger partial charge in [-0.05, 0) is 38.3 Å². The van der Waals surface area contributed by atoms with Gasteiger partial charge in [-0.3, -0.25) is 9.78 Å². The van der Waals surface area contributed by atoms with Crippen molar-refractivity contribution in [2.75, 3.05) is 18.6 Å². The molecule has 2 atom stereocenters. The molecule has 0 radical (unpaired) electrons. The highest BCUT2D eigenvalue weighted by atomic mass is 32.2. The molecule has 1 aliphatic carbocycles. The fourth-order valence-corrected chi connectivity index (χ4v) is 5.50.